The van der Waals surface area contributed by atoms with Crippen LogP contribution in [0, 0.1) is 22.6 Å². The summed E-state index contributed by atoms with van der Waals surface area (Å²) < 4.78 is 18.8. The molecule has 2 aromatic rings. The van der Waals surface area contributed by atoms with Crippen molar-refractivity contribution in [2.75, 3.05) is 6.54 Å². The van der Waals surface area contributed by atoms with Gasteiger partial charge in [-0.15, -0.1) is 0 Å². The molecule has 0 bridgehead atoms. The van der Waals surface area contributed by atoms with Crippen molar-refractivity contribution in [2.24, 2.45) is 5.41 Å². The summed E-state index contributed by atoms with van der Waals surface area (Å²) in [5.74, 6) is -0.445. The maximum atomic E-state index is 13.4. The standard InChI is InChI=1S/C20H22FN3O2/c1-20(2,3)6-7-23-19(25)15-4-5-17(24-12-15)13-26-18-9-14(11-22)8-16(21)10-18/h4-5,8-10,12H,6-7,13H2,1-3H3,(H,23,25). The van der Waals surface area contributed by atoms with E-state index in [-0.39, 0.29) is 29.2 Å². The Labute approximate surface area is 152 Å². The first-order valence-electron chi connectivity index (χ1n) is 8.33. The zero-order valence-electron chi connectivity index (χ0n) is 15.2. The number of nitrogens with one attached hydrogen (secondary N) is 1. The van der Waals surface area contributed by atoms with Crippen LogP contribution in [0.25, 0.3) is 0 Å². The monoisotopic (exact) mass is 355 g/mol. The Morgan fingerprint density at radius 1 is 1.31 bits per heavy atom. The maximum absolute atomic E-state index is 13.4. The number of halogens is 1. The summed E-state index contributed by atoms with van der Waals surface area (Å²) in [5.41, 5.74) is 1.42. The summed E-state index contributed by atoms with van der Waals surface area (Å²) in [6, 6.07) is 9.03. The van der Waals surface area contributed by atoms with Crippen molar-refractivity contribution in [1.29, 1.82) is 5.26 Å². The summed E-state index contributed by atoms with van der Waals surface area (Å²) in [4.78, 5) is 16.3. The third-order valence-corrected chi connectivity index (χ3v) is 3.63. The number of nitriles is 1. The third-order valence-electron chi connectivity index (χ3n) is 3.63. The lowest BCUT2D eigenvalue weighted by Crippen LogP contribution is -2.27. The molecule has 26 heavy (non-hydrogen) atoms. The van der Waals surface area contributed by atoms with Crippen LogP contribution in [0.1, 0.15) is 48.8 Å². The van der Waals surface area contributed by atoms with E-state index in [4.69, 9.17) is 10.00 Å². The lowest BCUT2D eigenvalue weighted by atomic mass is 9.92. The van der Waals surface area contributed by atoms with Crippen molar-refractivity contribution in [2.45, 2.75) is 33.8 Å². The Hall–Kier alpha value is -2.94. The molecular weight excluding hydrogens is 333 g/mol. The quantitative estimate of drug-likeness (QED) is 0.854. The molecule has 0 saturated heterocycles. The van der Waals surface area contributed by atoms with Gasteiger partial charge in [0.05, 0.1) is 22.9 Å². The van der Waals surface area contributed by atoms with Gasteiger partial charge in [-0.1, -0.05) is 20.8 Å². The predicted octanol–water partition coefficient (Wildman–Crippen LogP) is 3.84. The highest BCUT2D eigenvalue weighted by molar-refractivity contribution is 5.93. The largest absolute Gasteiger partial charge is 0.487 e. The van der Waals surface area contributed by atoms with Crippen molar-refractivity contribution in [3.8, 4) is 11.8 Å². The highest BCUT2D eigenvalue weighted by Crippen LogP contribution is 2.18. The number of rotatable bonds is 6. The van der Waals surface area contributed by atoms with Crippen LogP contribution in [0.4, 0.5) is 4.39 Å². The van der Waals surface area contributed by atoms with Crippen LogP contribution >= 0.6 is 0 Å². The third kappa shape index (κ3) is 6.17. The van der Waals surface area contributed by atoms with Crippen molar-refractivity contribution in [3.05, 3.63) is 59.2 Å². The van der Waals surface area contributed by atoms with E-state index in [1.165, 1.54) is 18.3 Å². The number of amides is 1. The molecule has 1 amide bonds. The molecular formula is C20H22FN3O2. The molecule has 0 radical (unpaired) electrons. The van der Waals surface area contributed by atoms with Crippen LogP contribution in [-0.4, -0.2) is 17.4 Å². The molecule has 0 unspecified atom stereocenters. The van der Waals surface area contributed by atoms with E-state index >= 15 is 0 Å². The molecule has 1 heterocycles. The number of carbonyl (C=O) groups is 1. The average molecular weight is 355 g/mol. The van der Waals surface area contributed by atoms with Crippen molar-refractivity contribution >= 4 is 5.91 Å². The van der Waals surface area contributed by atoms with Gasteiger partial charge in [0.15, 0.2) is 0 Å². The van der Waals surface area contributed by atoms with Crippen LogP contribution in [-0.2, 0) is 6.61 Å². The van der Waals surface area contributed by atoms with E-state index < -0.39 is 5.82 Å². The van der Waals surface area contributed by atoms with Gasteiger partial charge in [-0.25, -0.2) is 4.39 Å². The fourth-order valence-corrected chi connectivity index (χ4v) is 2.17. The lowest BCUT2D eigenvalue weighted by molar-refractivity contribution is 0.0949. The molecule has 1 aromatic heterocycles. The Balaban J connectivity index is 1.90. The summed E-state index contributed by atoms with van der Waals surface area (Å²) in [7, 11) is 0. The van der Waals surface area contributed by atoms with E-state index in [1.54, 1.807) is 12.1 Å². The SMILES string of the molecule is CC(C)(C)CCNC(=O)c1ccc(COc2cc(F)cc(C#N)c2)nc1. The number of benzene rings is 1. The minimum atomic E-state index is -0.533. The number of nitrogens with zero attached hydrogens (tertiary/aromatic N) is 2. The van der Waals surface area contributed by atoms with Gasteiger partial charge in [0.25, 0.3) is 5.91 Å². The topological polar surface area (TPSA) is 75.0 Å². The molecule has 0 spiro atoms. The Morgan fingerprint density at radius 3 is 2.69 bits per heavy atom. The first-order valence-corrected chi connectivity index (χ1v) is 8.33. The molecule has 5 nitrogen and oxygen atoms in total. The van der Waals surface area contributed by atoms with Gasteiger partial charge in [-0.05, 0) is 36.1 Å². The number of hydrogen-bond donors (Lipinski definition) is 1. The van der Waals surface area contributed by atoms with Crippen molar-refractivity contribution < 1.29 is 13.9 Å². The number of aromatic nitrogens is 1. The Morgan fingerprint density at radius 2 is 2.08 bits per heavy atom. The minimum Gasteiger partial charge on any atom is -0.487 e. The van der Waals surface area contributed by atoms with Gasteiger partial charge in [-0.3, -0.25) is 9.78 Å². The van der Waals surface area contributed by atoms with E-state index in [0.29, 0.717) is 17.8 Å². The first-order chi connectivity index (χ1) is 12.3. The summed E-state index contributed by atoms with van der Waals surface area (Å²) in [6.07, 6.45) is 2.37. The Bertz CT molecular complexity index is 805. The molecule has 6 heteroatoms. The van der Waals surface area contributed by atoms with Crippen LogP contribution in [0.3, 0.4) is 0 Å². The summed E-state index contributed by atoms with van der Waals surface area (Å²) in [5, 5.41) is 11.7. The van der Waals surface area contributed by atoms with Crippen molar-refractivity contribution in [3.63, 3.8) is 0 Å². The second-order valence-electron chi connectivity index (χ2n) is 7.18. The van der Waals surface area contributed by atoms with Crippen LogP contribution < -0.4 is 10.1 Å². The fourth-order valence-electron chi connectivity index (χ4n) is 2.17. The van der Waals surface area contributed by atoms with Gasteiger partial charge in [0.1, 0.15) is 18.2 Å². The number of pyridine rings is 1. The van der Waals surface area contributed by atoms with E-state index in [1.807, 2.05) is 6.07 Å². The predicted molar refractivity (Wildman–Crippen MR) is 96.1 cm³/mol. The average Bonchev–Trinajstić information content (AvgIpc) is 2.58. The smallest absolute Gasteiger partial charge is 0.252 e. The minimum absolute atomic E-state index is 0.111. The van der Waals surface area contributed by atoms with Gasteiger partial charge in [-0.2, -0.15) is 5.26 Å². The molecule has 1 aromatic carbocycles. The molecule has 0 aliphatic heterocycles. The van der Waals surface area contributed by atoms with Crippen LogP contribution in [0.5, 0.6) is 5.75 Å². The summed E-state index contributed by atoms with van der Waals surface area (Å²) >= 11 is 0. The van der Waals surface area contributed by atoms with Crippen molar-refractivity contribution in [1.82, 2.24) is 10.3 Å². The van der Waals surface area contributed by atoms with Crippen LogP contribution in [0.2, 0.25) is 0 Å². The van der Waals surface area contributed by atoms with Gasteiger partial charge in [0.2, 0.25) is 0 Å². The number of hydrogen-bond acceptors (Lipinski definition) is 4. The summed E-state index contributed by atoms with van der Waals surface area (Å²) in [6.45, 7) is 7.07. The van der Waals surface area contributed by atoms with Gasteiger partial charge >= 0.3 is 0 Å². The number of ether oxygens (including phenoxy) is 1. The maximum Gasteiger partial charge on any atom is 0.252 e. The fraction of sp³-hybridized carbons (Fsp3) is 0.350. The molecule has 0 fully saturated rings. The van der Waals surface area contributed by atoms with E-state index in [2.05, 4.69) is 31.1 Å². The first kappa shape index (κ1) is 19.4. The molecule has 0 aliphatic carbocycles. The Kier molecular flexibility index (Phi) is 6.29. The zero-order valence-corrected chi connectivity index (χ0v) is 15.2. The molecule has 0 aliphatic rings. The molecule has 136 valence electrons. The van der Waals surface area contributed by atoms with Gasteiger partial charge in [0, 0.05) is 18.8 Å². The zero-order chi connectivity index (χ0) is 19.2. The molecule has 0 atom stereocenters. The molecule has 2 rings (SSSR count). The normalized spacial score (nSPS) is 10.9. The second kappa shape index (κ2) is 8.43. The highest BCUT2D eigenvalue weighted by atomic mass is 19.1. The number of carbonyl (C=O) groups excluding carboxylic acids is 1. The van der Waals surface area contributed by atoms with E-state index in [9.17, 15) is 9.18 Å². The second-order valence-corrected chi connectivity index (χ2v) is 7.18. The lowest BCUT2D eigenvalue weighted by Gasteiger charge is -2.18. The van der Waals surface area contributed by atoms with E-state index in [0.717, 1.165) is 12.5 Å². The molecule has 0 saturated carbocycles. The van der Waals surface area contributed by atoms with Gasteiger partial charge < -0.3 is 10.1 Å². The highest BCUT2D eigenvalue weighted by Gasteiger charge is 2.12. The molecule has 1 N–H and O–H groups in total. The van der Waals surface area contributed by atoms with Crippen LogP contribution in [0.15, 0.2) is 36.5 Å².